The molecule has 0 aromatic rings. The minimum Gasteiger partial charge on any atom is -0.314 e. The molecule has 1 rings (SSSR count). The fraction of sp³-hybridized carbons (Fsp3) is 1.00. The van der Waals surface area contributed by atoms with Gasteiger partial charge in [-0.1, -0.05) is 13.8 Å². The monoisotopic (exact) mass is 266 g/mol. The number of hydrogen-bond donors (Lipinski definition) is 1. The highest BCUT2D eigenvalue weighted by Crippen LogP contribution is 2.21. The molecule has 1 aliphatic rings. The largest absolute Gasteiger partial charge is 0.389 e. The molecule has 0 aromatic heterocycles. The molecule has 1 aliphatic heterocycles. The third kappa shape index (κ3) is 6.59. The van der Waals surface area contributed by atoms with Gasteiger partial charge in [0.2, 0.25) is 0 Å². The van der Waals surface area contributed by atoms with E-state index in [1.807, 2.05) is 0 Å². The Hall–Kier alpha value is -0.290. The zero-order valence-corrected chi connectivity index (χ0v) is 11.4. The Balaban J connectivity index is 2.33. The van der Waals surface area contributed by atoms with Crippen molar-refractivity contribution in [1.29, 1.82) is 0 Å². The summed E-state index contributed by atoms with van der Waals surface area (Å²) < 4.78 is 36.4. The number of alkyl halides is 3. The molecule has 0 radical (unpaired) electrons. The highest BCUT2D eigenvalue weighted by Gasteiger charge is 2.27. The van der Waals surface area contributed by atoms with E-state index in [9.17, 15) is 13.2 Å². The number of halogens is 3. The summed E-state index contributed by atoms with van der Waals surface area (Å²) in [4.78, 5) is 2.19. The first-order chi connectivity index (χ1) is 8.40. The topological polar surface area (TPSA) is 15.3 Å². The van der Waals surface area contributed by atoms with Crippen LogP contribution in [0, 0.1) is 5.92 Å². The molecule has 2 atom stereocenters. The summed E-state index contributed by atoms with van der Waals surface area (Å²) in [6.45, 7) is 7.66. The Labute approximate surface area is 108 Å². The zero-order chi connectivity index (χ0) is 13.6. The summed E-state index contributed by atoms with van der Waals surface area (Å²) in [7, 11) is 0. The van der Waals surface area contributed by atoms with Crippen molar-refractivity contribution in [1.82, 2.24) is 10.2 Å². The summed E-state index contributed by atoms with van der Waals surface area (Å²) in [5.74, 6) is 0.505. The lowest BCUT2D eigenvalue weighted by Crippen LogP contribution is -2.43. The SMILES string of the molecule is CCC1CCN(CCCC(F)(F)F)CC(C)CN1. The molecule has 0 aliphatic carbocycles. The van der Waals surface area contributed by atoms with E-state index in [-0.39, 0.29) is 6.42 Å². The summed E-state index contributed by atoms with van der Waals surface area (Å²) in [5, 5.41) is 3.52. The molecule has 2 nitrogen and oxygen atoms in total. The predicted octanol–water partition coefficient (Wildman–Crippen LogP) is 3.04. The van der Waals surface area contributed by atoms with E-state index < -0.39 is 12.6 Å². The Morgan fingerprint density at radius 3 is 2.67 bits per heavy atom. The zero-order valence-electron chi connectivity index (χ0n) is 11.4. The Bertz CT molecular complexity index is 231. The van der Waals surface area contributed by atoms with Gasteiger partial charge in [-0.15, -0.1) is 0 Å². The van der Waals surface area contributed by atoms with Gasteiger partial charge in [-0.25, -0.2) is 0 Å². The summed E-state index contributed by atoms with van der Waals surface area (Å²) in [6.07, 6.45) is -2.33. The average Bonchev–Trinajstić information content (AvgIpc) is 2.24. The summed E-state index contributed by atoms with van der Waals surface area (Å²) in [5.41, 5.74) is 0. The van der Waals surface area contributed by atoms with Gasteiger partial charge in [0.15, 0.2) is 0 Å². The van der Waals surface area contributed by atoms with Crippen LogP contribution in [0.4, 0.5) is 13.2 Å². The van der Waals surface area contributed by atoms with Crippen LogP contribution in [-0.4, -0.2) is 43.3 Å². The van der Waals surface area contributed by atoms with E-state index >= 15 is 0 Å². The van der Waals surface area contributed by atoms with Crippen LogP contribution in [0.1, 0.15) is 39.5 Å². The molecule has 1 saturated heterocycles. The van der Waals surface area contributed by atoms with Crippen LogP contribution in [-0.2, 0) is 0 Å². The van der Waals surface area contributed by atoms with Gasteiger partial charge in [-0.3, -0.25) is 0 Å². The molecule has 0 amide bonds. The second-order valence-corrected chi connectivity index (χ2v) is 5.43. The Morgan fingerprint density at radius 1 is 1.33 bits per heavy atom. The lowest BCUT2D eigenvalue weighted by Gasteiger charge is -2.32. The van der Waals surface area contributed by atoms with E-state index in [1.165, 1.54) is 0 Å². The molecule has 0 bridgehead atoms. The molecule has 1 heterocycles. The number of nitrogens with one attached hydrogen (secondary N) is 1. The summed E-state index contributed by atoms with van der Waals surface area (Å²) in [6, 6.07) is 0.512. The van der Waals surface area contributed by atoms with Crippen molar-refractivity contribution >= 4 is 0 Å². The normalized spacial score (nSPS) is 27.8. The first-order valence-electron chi connectivity index (χ1n) is 6.93. The number of hydrogen-bond acceptors (Lipinski definition) is 2. The second kappa shape index (κ2) is 7.34. The van der Waals surface area contributed by atoms with Crippen LogP contribution in [0.25, 0.3) is 0 Å². The molecule has 1 N–H and O–H groups in total. The lowest BCUT2D eigenvalue weighted by atomic mass is 10.0. The van der Waals surface area contributed by atoms with Gasteiger partial charge in [0.05, 0.1) is 0 Å². The molecular formula is C13H25F3N2. The van der Waals surface area contributed by atoms with Crippen molar-refractivity contribution in [3.05, 3.63) is 0 Å². The van der Waals surface area contributed by atoms with Crippen LogP contribution in [0.2, 0.25) is 0 Å². The van der Waals surface area contributed by atoms with Gasteiger partial charge in [0.25, 0.3) is 0 Å². The smallest absolute Gasteiger partial charge is 0.314 e. The van der Waals surface area contributed by atoms with E-state index in [0.717, 1.165) is 32.5 Å². The molecule has 1 fully saturated rings. The van der Waals surface area contributed by atoms with Crippen LogP contribution >= 0.6 is 0 Å². The van der Waals surface area contributed by atoms with E-state index in [1.54, 1.807) is 0 Å². The van der Waals surface area contributed by atoms with Crippen molar-refractivity contribution in [3.8, 4) is 0 Å². The van der Waals surface area contributed by atoms with Crippen LogP contribution < -0.4 is 5.32 Å². The fourth-order valence-corrected chi connectivity index (χ4v) is 2.46. The van der Waals surface area contributed by atoms with Gasteiger partial charge < -0.3 is 10.2 Å². The summed E-state index contributed by atoms with van der Waals surface area (Å²) >= 11 is 0. The third-order valence-electron chi connectivity index (χ3n) is 3.55. The van der Waals surface area contributed by atoms with Crippen molar-refractivity contribution in [3.63, 3.8) is 0 Å². The average molecular weight is 266 g/mol. The Morgan fingerprint density at radius 2 is 2.06 bits per heavy atom. The van der Waals surface area contributed by atoms with Crippen molar-refractivity contribution in [2.24, 2.45) is 5.92 Å². The van der Waals surface area contributed by atoms with Crippen molar-refractivity contribution in [2.45, 2.75) is 51.7 Å². The maximum absolute atomic E-state index is 12.1. The molecule has 0 aromatic carbocycles. The second-order valence-electron chi connectivity index (χ2n) is 5.43. The first kappa shape index (κ1) is 15.8. The van der Waals surface area contributed by atoms with Gasteiger partial charge in [0, 0.05) is 19.0 Å². The lowest BCUT2D eigenvalue weighted by molar-refractivity contribution is -0.136. The molecule has 2 unspecified atom stereocenters. The number of nitrogens with zero attached hydrogens (tertiary/aromatic N) is 1. The predicted molar refractivity (Wildman–Crippen MR) is 67.6 cm³/mol. The molecule has 0 spiro atoms. The van der Waals surface area contributed by atoms with Crippen molar-refractivity contribution in [2.75, 3.05) is 26.2 Å². The highest BCUT2D eigenvalue weighted by molar-refractivity contribution is 4.75. The quantitative estimate of drug-likeness (QED) is 0.841. The highest BCUT2D eigenvalue weighted by atomic mass is 19.4. The maximum atomic E-state index is 12.1. The van der Waals surface area contributed by atoms with E-state index in [0.29, 0.717) is 18.5 Å². The minimum atomic E-state index is -4.01. The van der Waals surface area contributed by atoms with Crippen molar-refractivity contribution < 1.29 is 13.2 Å². The van der Waals surface area contributed by atoms with Gasteiger partial charge >= 0.3 is 6.18 Å². The molecular weight excluding hydrogens is 241 g/mol. The van der Waals surface area contributed by atoms with Crippen LogP contribution in [0.15, 0.2) is 0 Å². The van der Waals surface area contributed by atoms with Crippen LogP contribution in [0.3, 0.4) is 0 Å². The van der Waals surface area contributed by atoms with Gasteiger partial charge in [-0.2, -0.15) is 13.2 Å². The molecule has 0 saturated carbocycles. The van der Waals surface area contributed by atoms with E-state index in [2.05, 4.69) is 24.1 Å². The maximum Gasteiger partial charge on any atom is 0.389 e. The van der Waals surface area contributed by atoms with Gasteiger partial charge in [-0.05, 0) is 44.8 Å². The standard InChI is InChI=1S/C13H25F3N2/c1-3-12-5-8-18(10-11(2)9-17-12)7-4-6-13(14,15)16/h11-12,17H,3-10H2,1-2H3. The molecule has 108 valence electrons. The number of rotatable bonds is 4. The molecule has 5 heteroatoms. The fourth-order valence-electron chi connectivity index (χ4n) is 2.46. The van der Waals surface area contributed by atoms with Crippen LogP contribution in [0.5, 0.6) is 0 Å². The minimum absolute atomic E-state index is 0.223. The van der Waals surface area contributed by atoms with Gasteiger partial charge in [0.1, 0.15) is 0 Å². The van der Waals surface area contributed by atoms with E-state index in [4.69, 9.17) is 0 Å². The third-order valence-corrected chi connectivity index (χ3v) is 3.55. The molecule has 18 heavy (non-hydrogen) atoms. The Kier molecular flexibility index (Phi) is 6.43. The first-order valence-corrected chi connectivity index (χ1v) is 6.93.